The average Bonchev–Trinajstić information content (AvgIpc) is 3.19. The fourth-order valence-electron chi connectivity index (χ4n) is 3.57. The molecule has 1 amide bonds. The van der Waals surface area contributed by atoms with Crippen LogP contribution in [0, 0.1) is 12.8 Å². The minimum Gasteiger partial charge on any atom is -0.300 e. The first-order valence-electron chi connectivity index (χ1n) is 9.75. The minimum absolute atomic E-state index is 0.0194. The zero-order valence-electron chi connectivity index (χ0n) is 16.3. The third-order valence-corrected chi connectivity index (χ3v) is 6.50. The van der Waals surface area contributed by atoms with Gasteiger partial charge in [0.25, 0.3) is 0 Å². The maximum absolute atomic E-state index is 12.7. The summed E-state index contributed by atoms with van der Waals surface area (Å²) >= 11 is 7.31. The second-order valence-corrected chi connectivity index (χ2v) is 8.80. The largest absolute Gasteiger partial charge is 0.300 e. The lowest BCUT2D eigenvalue weighted by Crippen LogP contribution is -2.37. The molecule has 0 radical (unpaired) electrons. The Bertz CT molecular complexity index is 980. The first-order valence-corrected chi connectivity index (χ1v) is 10.9. The Balaban J connectivity index is 1.30. The van der Waals surface area contributed by atoms with Crippen LogP contribution in [0.2, 0.25) is 5.02 Å². The van der Waals surface area contributed by atoms with E-state index >= 15 is 0 Å². The topological polar surface area (TPSA) is 58.1 Å². The molecule has 0 atom stereocenters. The molecule has 150 valence electrons. The van der Waals surface area contributed by atoms with Crippen LogP contribution in [0.15, 0.2) is 48.5 Å². The van der Waals surface area contributed by atoms with Crippen molar-refractivity contribution in [3.05, 3.63) is 64.7 Å². The SMILES string of the molecule is Cc1ccccc1CN1CCC(C(=O)Nc2nnc(-c3ccc(Cl)cc3)s2)CC1. The molecule has 29 heavy (non-hydrogen) atoms. The fraction of sp³-hybridized carbons (Fsp3) is 0.318. The zero-order valence-corrected chi connectivity index (χ0v) is 17.8. The van der Waals surface area contributed by atoms with Gasteiger partial charge in [-0.15, -0.1) is 10.2 Å². The minimum atomic E-state index is 0.0194. The lowest BCUT2D eigenvalue weighted by Gasteiger charge is -2.31. The summed E-state index contributed by atoms with van der Waals surface area (Å²) in [7, 11) is 0. The van der Waals surface area contributed by atoms with E-state index in [1.165, 1.54) is 22.5 Å². The molecular formula is C22H23ClN4OS. The Morgan fingerprint density at radius 3 is 2.59 bits per heavy atom. The summed E-state index contributed by atoms with van der Waals surface area (Å²) in [6.07, 6.45) is 1.72. The van der Waals surface area contributed by atoms with E-state index in [4.69, 9.17) is 11.6 Å². The molecule has 0 saturated carbocycles. The fourth-order valence-corrected chi connectivity index (χ4v) is 4.45. The van der Waals surface area contributed by atoms with Crippen LogP contribution < -0.4 is 5.32 Å². The van der Waals surface area contributed by atoms with Crippen LogP contribution in [0.1, 0.15) is 24.0 Å². The highest BCUT2D eigenvalue weighted by atomic mass is 35.5. The maximum Gasteiger partial charge on any atom is 0.229 e. The predicted octanol–water partition coefficient (Wildman–Crippen LogP) is 5.02. The van der Waals surface area contributed by atoms with Crippen LogP contribution in [-0.2, 0) is 11.3 Å². The van der Waals surface area contributed by atoms with Crippen molar-refractivity contribution in [1.29, 1.82) is 0 Å². The molecule has 1 fully saturated rings. The highest BCUT2D eigenvalue weighted by molar-refractivity contribution is 7.18. The molecule has 5 nitrogen and oxygen atoms in total. The van der Waals surface area contributed by atoms with Gasteiger partial charge in [-0.2, -0.15) is 0 Å². The Morgan fingerprint density at radius 1 is 1.14 bits per heavy atom. The standard InChI is InChI=1S/C22H23ClN4OS/c1-15-4-2-3-5-18(15)14-27-12-10-16(11-13-27)20(28)24-22-26-25-21(29-22)17-6-8-19(23)9-7-17/h2-9,16H,10-14H2,1H3,(H,24,26,28). The molecule has 7 heteroatoms. The van der Waals surface area contributed by atoms with Crippen molar-refractivity contribution in [3.63, 3.8) is 0 Å². The van der Waals surface area contributed by atoms with Crippen molar-refractivity contribution in [1.82, 2.24) is 15.1 Å². The number of piperidine rings is 1. The summed E-state index contributed by atoms with van der Waals surface area (Å²) in [6.45, 7) is 4.95. The average molecular weight is 427 g/mol. The molecule has 2 heterocycles. The molecule has 1 aliphatic rings. The number of hydrogen-bond acceptors (Lipinski definition) is 5. The molecule has 1 aliphatic heterocycles. The summed E-state index contributed by atoms with van der Waals surface area (Å²) in [4.78, 5) is 15.1. The molecule has 1 saturated heterocycles. The van der Waals surface area contributed by atoms with E-state index < -0.39 is 0 Å². The number of benzene rings is 2. The number of anilines is 1. The van der Waals surface area contributed by atoms with E-state index in [2.05, 4.69) is 51.6 Å². The first-order chi connectivity index (χ1) is 14.1. The zero-order chi connectivity index (χ0) is 20.2. The number of halogens is 1. The van der Waals surface area contributed by atoms with E-state index in [-0.39, 0.29) is 11.8 Å². The van der Waals surface area contributed by atoms with E-state index in [0.29, 0.717) is 10.2 Å². The maximum atomic E-state index is 12.7. The second-order valence-electron chi connectivity index (χ2n) is 7.39. The molecule has 0 spiro atoms. The molecule has 1 aromatic heterocycles. The van der Waals surface area contributed by atoms with Crippen LogP contribution in [0.5, 0.6) is 0 Å². The van der Waals surface area contributed by atoms with Gasteiger partial charge in [0.2, 0.25) is 11.0 Å². The number of carbonyl (C=O) groups is 1. The van der Waals surface area contributed by atoms with Crippen LogP contribution in [0.4, 0.5) is 5.13 Å². The Morgan fingerprint density at radius 2 is 1.86 bits per heavy atom. The lowest BCUT2D eigenvalue weighted by atomic mass is 9.95. The third kappa shape index (κ3) is 5.01. The number of rotatable bonds is 5. The molecule has 3 aromatic rings. The van der Waals surface area contributed by atoms with Crippen molar-refractivity contribution >= 4 is 34.0 Å². The van der Waals surface area contributed by atoms with E-state index in [9.17, 15) is 4.79 Å². The Kier molecular flexibility index (Phi) is 6.23. The highest BCUT2D eigenvalue weighted by Gasteiger charge is 2.26. The van der Waals surface area contributed by atoms with Gasteiger partial charge in [0.15, 0.2) is 0 Å². The molecule has 0 unspecified atom stereocenters. The van der Waals surface area contributed by atoms with Gasteiger partial charge in [-0.1, -0.05) is 59.3 Å². The number of carbonyl (C=O) groups excluding carboxylic acids is 1. The monoisotopic (exact) mass is 426 g/mol. The number of nitrogens with one attached hydrogen (secondary N) is 1. The van der Waals surface area contributed by atoms with E-state index in [0.717, 1.165) is 43.0 Å². The van der Waals surface area contributed by atoms with Gasteiger partial charge in [-0.3, -0.25) is 9.69 Å². The molecule has 1 N–H and O–H groups in total. The van der Waals surface area contributed by atoms with Gasteiger partial charge in [0, 0.05) is 23.0 Å². The summed E-state index contributed by atoms with van der Waals surface area (Å²) < 4.78 is 0. The van der Waals surface area contributed by atoms with Gasteiger partial charge in [-0.05, 0) is 56.1 Å². The smallest absolute Gasteiger partial charge is 0.229 e. The summed E-state index contributed by atoms with van der Waals surface area (Å²) in [6, 6.07) is 15.9. The number of amides is 1. The van der Waals surface area contributed by atoms with E-state index in [1.54, 1.807) is 0 Å². The van der Waals surface area contributed by atoms with Gasteiger partial charge in [0.05, 0.1) is 0 Å². The van der Waals surface area contributed by atoms with Crippen LogP contribution >= 0.6 is 22.9 Å². The van der Waals surface area contributed by atoms with Crippen molar-refractivity contribution < 1.29 is 4.79 Å². The second kappa shape index (κ2) is 9.03. The van der Waals surface area contributed by atoms with Crippen molar-refractivity contribution in [2.75, 3.05) is 18.4 Å². The van der Waals surface area contributed by atoms with Gasteiger partial charge in [-0.25, -0.2) is 0 Å². The Labute approximate surface area is 179 Å². The molecule has 0 aliphatic carbocycles. The number of aromatic nitrogens is 2. The van der Waals surface area contributed by atoms with Gasteiger partial charge in [0.1, 0.15) is 5.01 Å². The van der Waals surface area contributed by atoms with Crippen molar-refractivity contribution in [2.45, 2.75) is 26.3 Å². The van der Waals surface area contributed by atoms with Crippen LogP contribution in [-0.4, -0.2) is 34.1 Å². The highest BCUT2D eigenvalue weighted by Crippen LogP contribution is 2.28. The quantitative estimate of drug-likeness (QED) is 0.622. The van der Waals surface area contributed by atoms with Crippen molar-refractivity contribution in [3.8, 4) is 10.6 Å². The number of aryl methyl sites for hydroxylation is 1. The summed E-state index contributed by atoms with van der Waals surface area (Å²) in [5.74, 6) is 0.0605. The number of hydrogen-bond donors (Lipinski definition) is 1. The molecular weight excluding hydrogens is 404 g/mol. The summed E-state index contributed by atoms with van der Waals surface area (Å²) in [5, 5.41) is 13.2. The lowest BCUT2D eigenvalue weighted by molar-refractivity contribution is -0.121. The van der Waals surface area contributed by atoms with Crippen molar-refractivity contribution in [2.24, 2.45) is 5.92 Å². The molecule has 2 aromatic carbocycles. The predicted molar refractivity (Wildman–Crippen MR) is 118 cm³/mol. The summed E-state index contributed by atoms with van der Waals surface area (Å²) in [5.41, 5.74) is 3.62. The van der Waals surface area contributed by atoms with Crippen LogP contribution in [0.3, 0.4) is 0 Å². The van der Waals surface area contributed by atoms with E-state index in [1.807, 2.05) is 24.3 Å². The molecule has 0 bridgehead atoms. The number of likely N-dealkylation sites (tertiary alicyclic amines) is 1. The molecule has 4 rings (SSSR count). The third-order valence-electron chi connectivity index (χ3n) is 5.36. The number of nitrogens with zero attached hydrogens (tertiary/aromatic N) is 3. The Hall–Kier alpha value is -2.28. The van der Waals surface area contributed by atoms with Crippen LogP contribution in [0.25, 0.3) is 10.6 Å². The van der Waals surface area contributed by atoms with Gasteiger partial charge >= 0.3 is 0 Å². The normalized spacial score (nSPS) is 15.4. The first kappa shape index (κ1) is 20.0. The van der Waals surface area contributed by atoms with Gasteiger partial charge < -0.3 is 5.32 Å².